The van der Waals surface area contributed by atoms with Crippen molar-refractivity contribution in [3.63, 3.8) is 0 Å². The Kier molecular flexibility index (Phi) is 4.39. The Hall–Kier alpha value is -2.33. The van der Waals surface area contributed by atoms with Crippen LogP contribution in [0.2, 0.25) is 5.02 Å². The van der Waals surface area contributed by atoms with Crippen LogP contribution in [0.15, 0.2) is 77.8 Å². The molecule has 0 N–H and O–H groups in total. The van der Waals surface area contributed by atoms with Crippen LogP contribution in [0.1, 0.15) is 16.5 Å². The molecule has 0 fully saturated rings. The zero-order valence-corrected chi connectivity index (χ0v) is 17.4. The zero-order valence-electron chi connectivity index (χ0n) is 15.1. The molecule has 2 nitrogen and oxygen atoms in total. The lowest BCUT2D eigenvalue weighted by molar-refractivity contribution is 0.435. The SMILES string of the molecule is CN1C(Cl)=Nc2c(sc3c(Cl)cccc23)C1c1ccc(-c2ccccc2)cc1. The lowest BCUT2D eigenvalue weighted by atomic mass is 9.98. The van der Waals surface area contributed by atoms with Crippen LogP contribution < -0.4 is 0 Å². The molecule has 5 heteroatoms. The predicted octanol–water partition coefficient (Wildman–Crippen LogP) is 7.48. The van der Waals surface area contributed by atoms with Crippen molar-refractivity contribution >= 4 is 55.6 Å². The normalized spacial score (nSPS) is 16.2. The smallest absolute Gasteiger partial charge is 0.199 e. The number of nitrogens with zero attached hydrogens (tertiary/aromatic N) is 2. The van der Waals surface area contributed by atoms with Crippen LogP contribution in [0.3, 0.4) is 0 Å². The Morgan fingerprint density at radius 2 is 1.57 bits per heavy atom. The highest BCUT2D eigenvalue weighted by Gasteiger charge is 2.31. The molecule has 4 aromatic rings. The average molecular weight is 423 g/mol. The number of rotatable bonds is 2. The van der Waals surface area contributed by atoms with Crippen molar-refractivity contribution in [1.82, 2.24) is 4.90 Å². The van der Waals surface area contributed by atoms with Crippen LogP contribution in [0.25, 0.3) is 21.2 Å². The minimum Gasteiger partial charge on any atom is -0.338 e. The van der Waals surface area contributed by atoms with Gasteiger partial charge in [-0.15, -0.1) is 11.3 Å². The second-order valence-electron chi connectivity index (χ2n) is 6.81. The molecule has 1 aliphatic rings. The van der Waals surface area contributed by atoms with E-state index in [0.29, 0.717) is 5.29 Å². The second kappa shape index (κ2) is 6.93. The third-order valence-electron chi connectivity index (χ3n) is 5.13. The summed E-state index contributed by atoms with van der Waals surface area (Å²) in [6.07, 6.45) is 0. The molecule has 0 bridgehead atoms. The van der Waals surface area contributed by atoms with Crippen LogP contribution in [-0.4, -0.2) is 17.2 Å². The first-order valence-electron chi connectivity index (χ1n) is 8.97. The van der Waals surface area contributed by atoms with E-state index in [0.717, 1.165) is 20.8 Å². The molecule has 0 spiro atoms. The van der Waals surface area contributed by atoms with Crippen molar-refractivity contribution < 1.29 is 0 Å². The predicted molar refractivity (Wildman–Crippen MR) is 121 cm³/mol. The van der Waals surface area contributed by atoms with Gasteiger partial charge in [0.1, 0.15) is 0 Å². The summed E-state index contributed by atoms with van der Waals surface area (Å²) >= 11 is 14.7. The van der Waals surface area contributed by atoms with Gasteiger partial charge in [-0.3, -0.25) is 0 Å². The molecule has 0 radical (unpaired) electrons. The van der Waals surface area contributed by atoms with Gasteiger partial charge in [-0.05, 0) is 34.4 Å². The number of hydrogen-bond donors (Lipinski definition) is 0. The van der Waals surface area contributed by atoms with Crippen molar-refractivity contribution in [2.24, 2.45) is 4.99 Å². The standard InChI is InChI=1S/C23H16Cl2N2S/c1-27-20(16-12-10-15(11-13-16)14-6-3-2-4-7-14)22-19(26-23(27)25)17-8-5-9-18(24)21(17)28-22/h2-13,20H,1H3. The molecule has 1 unspecified atom stereocenters. The van der Waals surface area contributed by atoms with Gasteiger partial charge in [0.15, 0.2) is 5.29 Å². The van der Waals surface area contributed by atoms with Crippen LogP contribution in [-0.2, 0) is 0 Å². The van der Waals surface area contributed by atoms with Gasteiger partial charge in [0, 0.05) is 12.4 Å². The number of halogens is 2. The summed E-state index contributed by atoms with van der Waals surface area (Å²) in [4.78, 5) is 7.84. The first-order valence-corrected chi connectivity index (χ1v) is 10.5. The number of hydrogen-bond acceptors (Lipinski definition) is 3. The average Bonchev–Trinajstić information content (AvgIpc) is 3.09. The first-order chi connectivity index (χ1) is 13.6. The molecule has 1 atom stereocenters. The lowest BCUT2D eigenvalue weighted by Gasteiger charge is -2.31. The molecule has 1 aromatic heterocycles. The maximum absolute atomic E-state index is 6.51. The van der Waals surface area contributed by atoms with Gasteiger partial charge in [0.25, 0.3) is 0 Å². The van der Waals surface area contributed by atoms with Crippen molar-refractivity contribution in [2.75, 3.05) is 7.05 Å². The summed E-state index contributed by atoms with van der Waals surface area (Å²) in [6.45, 7) is 0. The van der Waals surface area contributed by atoms with Crippen LogP contribution in [0.4, 0.5) is 5.69 Å². The quantitative estimate of drug-likeness (QED) is 0.305. The van der Waals surface area contributed by atoms with E-state index in [9.17, 15) is 0 Å². The molecule has 138 valence electrons. The highest BCUT2D eigenvalue weighted by Crippen LogP contribution is 2.49. The minimum atomic E-state index is 0.0123. The molecule has 5 rings (SSSR count). The minimum absolute atomic E-state index is 0.0123. The zero-order chi connectivity index (χ0) is 19.3. The Labute approximate surface area is 177 Å². The van der Waals surface area contributed by atoms with Gasteiger partial charge in [-0.1, -0.05) is 78.3 Å². The molecule has 3 aromatic carbocycles. The van der Waals surface area contributed by atoms with E-state index in [4.69, 9.17) is 23.2 Å². The van der Waals surface area contributed by atoms with Crippen molar-refractivity contribution in [2.45, 2.75) is 6.04 Å². The van der Waals surface area contributed by atoms with Crippen molar-refractivity contribution in [3.8, 4) is 11.1 Å². The summed E-state index contributed by atoms with van der Waals surface area (Å²) < 4.78 is 1.06. The van der Waals surface area contributed by atoms with Gasteiger partial charge in [0.2, 0.25) is 0 Å². The lowest BCUT2D eigenvalue weighted by Crippen LogP contribution is -2.30. The molecule has 0 aliphatic carbocycles. The summed E-state index contributed by atoms with van der Waals surface area (Å²) in [7, 11) is 1.98. The number of amidine groups is 1. The van der Waals surface area contributed by atoms with Crippen molar-refractivity contribution in [3.05, 3.63) is 88.3 Å². The number of fused-ring (bicyclic) bond motifs is 3. The Bertz CT molecular complexity index is 1200. The third kappa shape index (κ3) is 2.82. The first kappa shape index (κ1) is 17.7. The monoisotopic (exact) mass is 422 g/mol. The fraction of sp³-hybridized carbons (Fsp3) is 0.0870. The third-order valence-corrected chi connectivity index (χ3v) is 7.19. The molecular formula is C23H16Cl2N2S. The van der Waals surface area contributed by atoms with Crippen molar-refractivity contribution in [1.29, 1.82) is 0 Å². The molecule has 0 saturated carbocycles. The van der Waals surface area contributed by atoms with E-state index >= 15 is 0 Å². The highest BCUT2D eigenvalue weighted by atomic mass is 35.5. The van der Waals surface area contributed by atoms with Gasteiger partial charge < -0.3 is 4.90 Å². The molecule has 2 heterocycles. The maximum atomic E-state index is 6.51. The largest absolute Gasteiger partial charge is 0.338 e. The van der Waals surface area contributed by atoms with Crippen LogP contribution in [0.5, 0.6) is 0 Å². The van der Waals surface area contributed by atoms with Crippen LogP contribution in [0, 0.1) is 0 Å². The van der Waals surface area contributed by atoms with Gasteiger partial charge in [0.05, 0.1) is 26.3 Å². The molecule has 28 heavy (non-hydrogen) atoms. The Morgan fingerprint density at radius 1 is 0.857 bits per heavy atom. The van der Waals surface area contributed by atoms with E-state index in [1.807, 2.05) is 30.1 Å². The fourth-order valence-electron chi connectivity index (χ4n) is 3.71. The van der Waals surface area contributed by atoms with E-state index in [1.54, 1.807) is 11.3 Å². The maximum Gasteiger partial charge on any atom is 0.199 e. The van der Waals surface area contributed by atoms with E-state index < -0.39 is 0 Å². The van der Waals surface area contributed by atoms with E-state index in [2.05, 4.69) is 59.6 Å². The second-order valence-corrected chi connectivity index (χ2v) is 8.61. The van der Waals surface area contributed by atoms with Crippen LogP contribution >= 0.6 is 34.5 Å². The topological polar surface area (TPSA) is 15.6 Å². The van der Waals surface area contributed by atoms with Gasteiger partial charge in [-0.25, -0.2) is 4.99 Å². The molecule has 0 amide bonds. The molecular weight excluding hydrogens is 407 g/mol. The van der Waals surface area contributed by atoms with Gasteiger partial charge >= 0.3 is 0 Å². The molecule has 1 aliphatic heterocycles. The Morgan fingerprint density at radius 3 is 2.32 bits per heavy atom. The number of thiophene rings is 1. The fourth-order valence-corrected chi connectivity index (χ4v) is 5.50. The van der Waals surface area contributed by atoms with Gasteiger partial charge in [-0.2, -0.15) is 0 Å². The summed E-state index contributed by atoms with van der Waals surface area (Å²) in [5, 5.41) is 2.30. The number of benzene rings is 3. The van der Waals surface area contributed by atoms with E-state index in [1.165, 1.54) is 21.6 Å². The summed E-state index contributed by atoms with van der Waals surface area (Å²) in [5.41, 5.74) is 4.52. The van der Waals surface area contributed by atoms with E-state index in [-0.39, 0.29) is 6.04 Å². The summed E-state index contributed by atoms with van der Waals surface area (Å²) in [5.74, 6) is 0. The summed E-state index contributed by atoms with van der Waals surface area (Å²) in [6, 6.07) is 25.0. The Balaban J connectivity index is 1.63. The molecule has 0 saturated heterocycles. The number of aliphatic imine (C=N–C) groups is 1. The highest BCUT2D eigenvalue weighted by molar-refractivity contribution is 7.20.